The van der Waals surface area contributed by atoms with E-state index >= 15 is 0 Å². The third-order valence-corrected chi connectivity index (χ3v) is 2.89. The number of nitrogens with one attached hydrogen (secondary N) is 1. The summed E-state index contributed by atoms with van der Waals surface area (Å²) in [5, 5.41) is 11.1. The van der Waals surface area contributed by atoms with Crippen LogP contribution in [0.25, 0.3) is 0 Å². The largest absolute Gasteiger partial charge is 0.477 e. The Hall–Kier alpha value is -2.09. The van der Waals surface area contributed by atoms with E-state index in [0.717, 1.165) is 29.7 Å². The van der Waals surface area contributed by atoms with Crippen molar-refractivity contribution in [2.45, 2.75) is 0 Å². The first-order valence-corrected chi connectivity index (χ1v) is 5.40. The van der Waals surface area contributed by atoms with Crippen molar-refractivity contribution in [2.75, 3.05) is 5.32 Å². The normalized spacial score (nSPS) is 10.4. The second kappa shape index (κ2) is 4.65. The Bertz CT molecular complexity index is 615. The number of thiazole rings is 1. The third-order valence-electron chi connectivity index (χ3n) is 1.99. The molecule has 2 aromatic rings. The lowest BCUT2D eigenvalue weighted by molar-refractivity contribution is 0.0702. The minimum atomic E-state index is -1.60. The summed E-state index contributed by atoms with van der Waals surface area (Å²) in [7, 11) is 0. The van der Waals surface area contributed by atoms with Crippen LogP contribution in [0.5, 0.6) is 0 Å². The molecule has 2 N–H and O–H groups in total. The molecule has 4 nitrogen and oxygen atoms in total. The van der Waals surface area contributed by atoms with Gasteiger partial charge in [-0.05, 0) is 12.1 Å². The first-order valence-electron chi connectivity index (χ1n) is 4.58. The van der Waals surface area contributed by atoms with Crippen LogP contribution in [0.15, 0.2) is 18.3 Å². The molecule has 0 bridgehead atoms. The summed E-state index contributed by atoms with van der Waals surface area (Å²) >= 11 is 0.750. The second-order valence-corrected chi connectivity index (χ2v) is 4.21. The van der Waals surface area contributed by atoms with E-state index in [2.05, 4.69) is 10.3 Å². The number of hydrogen-bond acceptors (Lipinski definition) is 4. The van der Waals surface area contributed by atoms with Crippen LogP contribution >= 0.6 is 11.3 Å². The third kappa shape index (κ3) is 2.28. The van der Waals surface area contributed by atoms with E-state index < -0.39 is 23.4 Å². The predicted octanol–water partition coefficient (Wildman–Crippen LogP) is 3.00. The smallest absolute Gasteiger partial charge is 0.347 e. The quantitative estimate of drug-likeness (QED) is 0.844. The van der Waals surface area contributed by atoms with Crippen LogP contribution in [-0.2, 0) is 0 Å². The van der Waals surface area contributed by atoms with Gasteiger partial charge in [0, 0.05) is 0 Å². The van der Waals surface area contributed by atoms with Crippen molar-refractivity contribution in [3.8, 4) is 0 Å². The SMILES string of the molecule is O=C(O)c1cnc(Nc2ccc(F)c(F)c2F)s1. The Labute approximate surface area is 103 Å². The van der Waals surface area contributed by atoms with Crippen molar-refractivity contribution in [3.63, 3.8) is 0 Å². The van der Waals surface area contributed by atoms with Gasteiger partial charge < -0.3 is 10.4 Å². The molecule has 8 heteroatoms. The Balaban J connectivity index is 2.28. The molecular weight excluding hydrogens is 269 g/mol. The maximum atomic E-state index is 13.3. The molecule has 0 radical (unpaired) electrons. The highest BCUT2D eigenvalue weighted by atomic mass is 32.1. The zero-order valence-corrected chi connectivity index (χ0v) is 9.39. The van der Waals surface area contributed by atoms with Gasteiger partial charge in [-0.25, -0.2) is 22.9 Å². The zero-order valence-electron chi connectivity index (χ0n) is 8.58. The molecule has 0 spiro atoms. The Morgan fingerprint density at radius 2 is 2.00 bits per heavy atom. The van der Waals surface area contributed by atoms with Crippen LogP contribution in [0, 0.1) is 17.5 Å². The molecule has 2 rings (SSSR count). The molecule has 0 saturated heterocycles. The molecule has 1 heterocycles. The van der Waals surface area contributed by atoms with Gasteiger partial charge in [0.25, 0.3) is 0 Å². The molecule has 0 aliphatic carbocycles. The van der Waals surface area contributed by atoms with Crippen molar-refractivity contribution < 1.29 is 23.1 Å². The zero-order chi connectivity index (χ0) is 13.3. The van der Waals surface area contributed by atoms with Crippen LogP contribution in [0.3, 0.4) is 0 Å². The van der Waals surface area contributed by atoms with E-state index in [1.807, 2.05) is 0 Å². The van der Waals surface area contributed by atoms with E-state index in [-0.39, 0.29) is 15.7 Å². The van der Waals surface area contributed by atoms with Crippen LogP contribution in [0.1, 0.15) is 9.67 Å². The number of halogens is 3. The van der Waals surface area contributed by atoms with Crippen LogP contribution in [0.4, 0.5) is 24.0 Å². The second-order valence-electron chi connectivity index (χ2n) is 3.18. The topological polar surface area (TPSA) is 62.2 Å². The number of anilines is 2. The summed E-state index contributed by atoms with van der Waals surface area (Å²) in [5.74, 6) is -5.47. The summed E-state index contributed by atoms with van der Waals surface area (Å²) in [5.41, 5.74) is -0.319. The molecule has 0 amide bonds. The summed E-state index contributed by atoms with van der Waals surface area (Å²) < 4.78 is 38.9. The standard InChI is InChI=1S/C10H5F3N2O2S/c11-4-1-2-5(8(13)7(4)12)15-10-14-3-6(18-10)9(16)17/h1-3H,(H,14,15)(H,16,17). The molecule has 1 aromatic carbocycles. The van der Waals surface area contributed by atoms with Gasteiger partial charge in [0.1, 0.15) is 4.88 Å². The lowest BCUT2D eigenvalue weighted by atomic mass is 10.3. The Morgan fingerprint density at radius 3 is 2.61 bits per heavy atom. The van der Waals surface area contributed by atoms with Gasteiger partial charge in [0.2, 0.25) is 0 Å². The highest BCUT2D eigenvalue weighted by molar-refractivity contribution is 7.17. The summed E-state index contributed by atoms with van der Waals surface area (Å²) in [6.07, 6.45) is 1.08. The van der Waals surface area contributed by atoms with E-state index in [0.29, 0.717) is 0 Å². The first kappa shape index (κ1) is 12.4. The van der Waals surface area contributed by atoms with Gasteiger partial charge in [-0.2, -0.15) is 0 Å². The molecule has 0 unspecified atom stereocenters. The van der Waals surface area contributed by atoms with Crippen LogP contribution < -0.4 is 5.32 Å². The molecule has 0 saturated carbocycles. The average molecular weight is 274 g/mol. The number of carbonyl (C=O) groups is 1. The number of aromatic carboxylic acids is 1. The minimum Gasteiger partial charge on any atom is -0.477 e. The number of rotatable bonds is 3. The first-order chi connectivity index (χ1) is 8.49. The van der Waals surface area contributed by atoms with Gasteiger partial charge in [-0.15, -0.1) is 0 Å². The highest BCUT2D eigenvalue weighted by Crippen LogP contribution is 2.26. The van der Waals surface area contributed by atoms with Crippen molar-refractivity contribution >= 4 is 28.1 Å². The minimum absolute atomic E-state index is 0.0551. The van der Waals surface area contributed by atoms with E-state index in [1.165, 1.54) is 0 Å². The molecule has 1 aromatic heterocycles. The van der Waals surface area contributed by atoms with Gasteiger partial charge in [-0.3, -0.25) is 0 Å². The maximum absolute atomic E-state index is 13.3. The lowest BCUT2D eigenvalue weighted by Crippen LogP contribution is -1.98. The van der Waals surface area contributed by atoms with Crippen molar-refractivity contribution in [1.29, 1.82) is 0 Å². The molecule has 0 aliphatic heterocycles. The maximum Gasteiger partial charge on any atom is 0.347 e. The van der Waals surface area contributed by atoms with Gasteiger partial charge in [0.05, 0.1) is 11.9 Å². The van der Waals surface area contributed by atoms with Crippen LogP contribution in [0.2, 0.25) is 0 Å². The number of carboxylic acids is 1. The fraction of sp³-hybridized carbons (Fsp3) is 0. The summed E-state index contributed by atoms with van der Waals surface area (Å²) in [6.45, 7) is 0. The Morgan fingerprint density at radius 1 is 1.28 bits per heavy atom. The number of nitrogens with zero attached hydrogens (tertiary/aromatic N) is 1. The summed E-state index contributed by atoms with van der Waals surface area (Å²) in [6, 6.07) is 1.75. The predicted molar refractivity (Wildman–Crippen MR) is 58.7 cm³/mol. The summed E-state index contributed by atoms with van der Waals surface area (Å²) in [4.78, 5) is 14.2. The van der Waals surface area contributed by atoms with E-state index in [4.69, 9.17) is 5.11 Å². The van der Waals surface area contributed by atoms with E-state index in [1.54, 1.807) is 0 Å². The molecule has 94 valence electrons. The number of benzene rings is 1. The fourth-order valence-corrected chi connectivity index (χ4v) is 1.84. The highest BCUT2D eigenvalue weighted by Gasteiger charge is 2.15. The average Bonchev–Trinajstić information content (AvgIpc) is 2.79. The Kier molecular flexibility index (Phi) is 3.19. The molecule has 0 aliphatic rings. The number of aromatic nitrogens is 1. The fourth-order valence-electron chi connectivity index (χ4n) is 1.17. The molecule has 18 heavy (non-hydrogen) atoms. The van der Waals surface area contributed by atoms with E-state index in [9.17, 15) is 18.0 Å². The monoisotopic (exact) mass is 274 g/mol. The van der Waals surface area contributed by atoms with Crippen LogP contribution in [-0.4, -0.2) is 16.1 Å². The molecule has 0 atom stereocenters. The molecular formula is C10H5F3N2O2S. The lowest BCUT2D eigenvalue weighted by Gasteiger charge is -2.04. The van der Waals surface area contributed by atoms with Crippen molar-refractivity contribution in [1.82, 2.24) is 4.98 Å². The molecule has 0 fully saturated rings. The van der Waals surface area contributed by atoms with Crippen molar-refractivity contribution in [3.05, 3.63) is 40.7 Å². The van der Waals surface area contributed by atoms with Crippen molar-refractivity contribution in [2.24, 2.45) is 0 Å². The van der Waals surface area contributed by atoms with Gasteiger partial charge in [0.15, 0.2) is 22.6 Å². The van der Waals surface area contributed by atoms with Gasteiger partial charge >= 0.3 is 5.97 Å². The van der Waals surface area contributed by atoms with Gasteiger partial charge in [-0.1, -0.05) is 11.3 Å². The number of carboxylic acid groups (broad SMARTS) is 1. The number of hydrogen-bond donors (Lipinski definition) is 2.